The topological polar surface area (TPSA) is 54.9 Å². The molecule has 1 saturated carbocycles. The number of rotatable bonds is 4. The van der Waals surface area contributed by atoms with Gasteiger partial charge >= 0.3 is 0 Å². The molecule has 1 N–H and O–H groups in total. The van der Waals surface area contributed by atoms with Gasteiger partial charge in [-0.15, -0.1) is 22.0 Å². The van der Waals surface area contributed by atoms with Crippen LogP contribution < -0.4 is 5.32 Å². The number of thioether (sulfide) groups is 1. The Labute approximate surface area is 116 Å². The molecule has 4 nitrogen and oxygen atoms in total. The average Bonchev–Trinajstić information content (AvgIpc) is 2.76. The Balaban J connectivity index is 1.80. The highest BCUT2D eigenvalue weighted by atomic mass is 32.2. The number of aromatic nitrogens is 2. The smallest absolute Gasteiger partial charge is 0.239 e. The predicted octanol–water partition coefficient (Wildman–Crippen LogP) is 3.24. The van der Waals surface area contributed by atoms with Gasteiger partial charge in [-0.05, 0) is 26.7 Å². The maximum Gasteiger partial charge on any atom is 0.239 e. The van der Waals surface area contributed by atoms with Crippen molar-refractivity contribution in [3.8, 4) is 0 Å². The summed E-state index contributed by atoms with van der Waals surface area (Å²) in [5.74, 6) is 0.0433. The second kappa shape index (κ2) is 6.52. The first-order chi connectivity index (χ1) is 8.65. The number of anilines is 1. The highest BCUT2D eigenvalue weighted by Gasteiger charge is 2.21. The summed E-state index contributed by atoms with van der Waals surface area (Å²) >= 11 is 3.22. The Kier molecular flexibility index (Phi) is 5.00. The van der Waals surface area contributed by atoms with Crippen molar-refractivity contribution in [2.45, 2.75) is 56.5 Å². The molecule has 1 aromatic rings. The largest absolute Gasteiger partial charge is 0.300 e. The molecule has 18 heavy (non-hydrogen) atoms. The summed E-state index contributed by atoms with van der Waals surface area (Å²) < 4.78 is 0. The number of nitrogens with one attached hydrogen (secondary N) is 1. The molecular weight excluding hydrogens is 266 g/mol. The molecule has 1 atom stereocenters. The van der Waals surface area contributed by atoms with Crippen LogP contribution in [0.3, 0.4) is 0 Å². The third kappa shape index (κ3) is 3.95. The molecule has 2 rings (SSSR count). The zero-order valence-corrected chi connectivity index (χ0v) is 12.4. The summed E-state index contributed by atoms with van der Waals surface area (Å²) in [6.45, 7) is 3.86. The van der Waals surface area contributed by atoms with E-state index in [4.69, 9.17) is 0 Å². The molecule has 1 aromatic heterocycles. The van der Waals surface area contributed by atoms with Gasteiger partial charge < -0.3 is 0 Å². The van der Waals surface area contributed by atoms with Crippen molar-refractivity contribution in [2.75, 3.05) is 5.32 Å². The van der Waals surface area contributed by atoms with Crippen LogP contribution in [0.4, 0.5) is 5.13 Å². The Hall–Kier alpha value is -0.620. The Morgan fingerprint density at radius 3 is 2.72 bits per heavy atom. The molecule has 1 fully saturated rings. The molecule has 1 aliphatic carbocycles. The maximum absolute atomic E-state index is 12.0. The first-order valence-electron chi connectivity index (χ1n) is 6.41. The third-order valence-corrected chi connectivity index (χ3v) is 5.31. The van der Waals surface area contributed by atoms with Crippen molar-refractivity contribution < 1.29 is 4.79 Å². The molecule has 0 aliphatic heterocycles. The Morgan fingerprint density at radius 2 is 2.11 bits per heavy atom. The van der Waals surface area contributed by atoms with Crippen molar-refractivity contribution in [2.24, 2.45) is 0 Å². The number of amides is 1. The first kappa shape index (κ1) is 13.8. The zero-order valence-electron chi connectivity index (χ0n) is 10.8. The van der Waals surface area contributed by atoms with Gasteiger partial charge in [0.05, 0.1) is 5.25 Å². The van der Waals surface area contributed by atoms with Gasteiger partial charge in [0, 0.05) is 5.25 Å². The van der Waals surface area contributed by atoms with E-state index in [-0.39, 0.29) is 11.2 Å². The van der Waals surface area contributed by atoms with E-state index in [1.165, 1.54) is 43.4 Å². The van der Waals surface area contributed by atoms with Crippen LogP contribution in [-0.4, -0.2) is 26.6 Å². The van der Waals surface area contributed by atoms with Gasteiger partial charge in [-0.25, -0.2) is 0 Å². The normalized spacial score (nSPS) is 18.6. The molecule has 6 heteroatoms. The molecular formula is C12H19N3OS2. The van der Waals surface area contributed by atoms with Gasteiger partial charge in [0.15, 0.2) is 0 Å². The van der Waals surface area contributed by atoms with Crippen LogP contribution in [0.15, 0.2) is 0 Å². The third-order valence-electron chi connectivity index (χ3n) is 3.07. The molecule has 1 heterocycles. The van der Waals surface area contributed by atoms with Crippen LogP contribution in [-0.2, 0) is 4.79 Å². The highest BCUT2D eigenvalue weighted by Crippen LogP contribution is 2.31. The summed E-state index contributed by atoms with van der Waals surface area (Å²) in [4.78, 5) is 12.0. The van der Waals surface area contributed by atoms with Crippen LogP contribution in [0, 0.1) is 6.92 Å². The van der Waals surface area contributed by atoms with Gasteiger partial charge in [0.25, 0.3) is 0 Å². The average molecular weight is 285 g/mol. The molecule has 1 aliphatic rings. The summed E-state index contributed by atoms with van der Waals surface area (Å²) in [5.41, 5.74) is 0. The lowest BCUT2D eigenvalue weighted by Gasteiger charge is -2.23. The molecule has 1 unspecified atom stereocenters. The van der Waals surface area contributed by atoms with Crippen LogP contribution >= 0.6 is 23.1 Å². The van der Waals surface area contributed by atoms with E-state index >= 15 is 0 Å². The number of hydrogen-bond acceptors (Lipinski definition) is 5. The van der Waals surface area contributed by atoms with Crippen molar-refractivity contribution in [3.05, 3.63) is 5.01 Å². The fraction of sp³-hybridized carbons (Fsp3) is 0.750. The minimum Gasteiger partial charge on any atom is -0.300 e. The van der Waals surface area contributed by atoms with Gasteiger partial charge in [-0.1, -0.05) is 30.6 Å². The second-order valence-electron chi connectivity index (χ2n) is 4.65. The van der Waals surface area contributed by atoms with E-state index in [0.717, 1.165) is 5.01 Å². The zero-order chi connectivity index (χ0) is 13.0. The number of hydrogen-bond donors (Lipinski definition) is 1. The van der Waals surface area contributed by atoms with Crippen LogP contribution in [0.1, 0.15) is 44.0 Å². The van der Waals surface area contributed by atoms with Crippen molar-refractivity contribution >= 4 is 34.1 Å². The summed E-state index contributed by atoms with van der Waals surface area (Å²) in [5, 5.41) is 12.8. The molecule has 0 radical (unpaired) electrons. The lowest BCUT2D eigenvalue weighted by atomic mass is 10.0. The van der Waals surface area contributed by atoms with E-state index in [1.807, 2.05) is 13.8 Å². The van der Waals surface area contributed by atoms with Crippen molar-refractivity contribution in [3.63, 3.8) is 0 Å². The monoisotopic (exact) mass is 285 g/mol. The SMILES string of the molecule is Cc1nnc(NC(=O)C(C)SC2CCCCC2)s1. The van der Waals surface area contributed by atoms with Crippen LogP contribution in [0.2, 0.25) is 0 Å². The maximum atomic E-state index is 12.0. The van der Waals surface area contributed by atoms with E-state index in [2.05, 4.69) is 15.5 Å². The van der Waals surface area contributed by atoms with Gasteiger partial charge in [-0.2, -0.15) is 0 Å². The number of carbonyl (C=O) groups is 1. The summed E-state index contributed by atoms with van der Waals surface area (Å²) in [6, 6.07) is 0. The van der Waals surface area contributed by atoms with Gasteiger partial charge in [0.1, 0.15) is 5.01 Å². The van der Waals surface area contributed by atoms with Crippen LogP contribution in [0.5, 0.6) is 0 Å². The fourth-order valence-corrected chi connectivity index (χ4v) is 4.07. The molecule has 0 saturated heterocycles. The van der Waals surface area contributed by atoms with E-state index in [0.29, 0.717) is 10.4 Å². The molecule has 0 bridgehead atoms. The molecule has 0 aromatic carbocycles. The van der Waals surface area contributed by atoms with Crippen LogP contribution in [0.25, 0.3) is 0 Å². The Bertz CT molecular complexity index is 402. The lowest BCUT2D eigenvalue weighted by molar-refractivity contribution is -0.115. The number of aryl methyl sites for hydroxylation is 1. The molecule has 1 amide bonds. The minimum absolute atomic E-state index is 0.0164. The van der Waals surface area contributed by atoms with Crippen molar-refractivity contribution in [1.29, 1.82) is 0 Å². The lowest BCUT2D eigenvalue weighted by Crippen LogP contribution is -2.25. The number of nitrogens with zero attached hydrogens (tertiary/aromatic N) is 2. The van der Waals surface area contributed by atoms with E-state index in [9.17, 15) is 4.79 Å². The summed E-state index contributed by atoms with van der Waals surface area (Å²) in [7, 11) is 0. The quantitative estimate of drug-likeness (QED) is 0.922. The standard InChI is InChI=1S/C12H19N3OS2/c1-8(17-10-6-4-3-5-7-10)11(16)13-12-15-14-9(2)18-12/h8,10H,3-7H2,1-2H3,(H,13,15,16). The first-order valence-corrected chi connectivity index (χ1v) is 8.17. The Morgan fingerprint density at radius 1 is 1.39 bits per heavy atom. The minimum atomic E-state index is -0.0164. The fourth-order valence-electron chi connectivity index (χ4n) is 2.11. The number of carbonyl (C=O) groups excluding carboxylic acids is 1. The van der Waals surface area contributed by atoms with E-state index in [1.54, 1.807) is 11.8 Å². The van der Waals surface area contributed by atoms with Gasteiger partial charge in [-0.3, -0.25) is 10.1 Å². The van der Waals surface area contributed by atoms with Gasteiger partial charge in [0.2, 0.25) is 11.0 Å². The molecule has 0 spiro atoms. The second-order valence-corrected chi connectivity index (χ2v) is 7.48. The summed E-state index contributed by atoms with van der Waals surface area (Å²) in [6.07, 6.45) is 6.46. The molecule has 100 valence electrons. The van der Waals surface area contributed by atoms with Crippen molar-refractivity contribution in [1.82, 2.24) is 10.2 Å². The predicted molar refractivity (Wildman–Crippen MR) is 77.2 cm³/mol. The highest BCUT2D eigenvalue weighted by molar-refractivity contribution is 8.01. The van der Waals surface area contributed by atoms with E-state index < -0.39 is 0 Å².